The molecular weight excluding hydrogens is 364 g/mol. The maximum atomic E-state index is 13.1. The fourth-order valence-corrected chi connectivity index (χ4v) is 5.74. The van der Waals surface area contributed by atoms with Crippen molar-refractivity contribution in [1.29, 1.82) is 0 Å². The first-order valence-electron chi connectivity index (χ1n) is 8.97. The van der Waals surface area contributed by atoms with Crippen LogP contribution in [0.2, 0.25) is 0 Å². The third-order valence-corrected chi connectivity index (χ3v) is 7.06. The standard InChI is InChI=1S/C19H22N4OS2/c1-3-22(4-2)19-21-17-15(26-19)11-16(25-17)18(24)23-10-6-7-12-13(20)8-5-9-14(12)23/h5,8-9,11H,3-4,6-7,10,20H2,1-2H3. The molecular formula is C19H22N4OS2. The minimum Gasteiger partial charge on any atom is -0.398 e. The minimum absolute atomic E-state index is 0.0520. The monoisotopic (exact) mass is 386 g/mol. The number of nitrogens with zero attached hydrogens (tertiary/aromatic N) is 3. The van der Waals surface area contributed by atoms with Crippen LogP contribution >= 0.6 is 22.7 Å². The van der Waals surface area contributed by atoms with Crippen LogP contribution in [0.3, 0.4) is 0 Å². The van der Waals surface area contributed by atoms with Gasteiger partial charge in [-0.2, -0.15) is 0 Å². The Morgan fingerprint density at radius 1 is 1.31 bits per heavy atom. The van der Waals surface area contributed by atoms with Crippen molar-refractivity contribution in [3.05, 3.63) is 34.7 Å². The molecule has 0 saturated heterocycles. The lowest BCUT2D eigenvalue weighted by Gasteiger charge is -2.29. The second-order valence-electron chi connectivity index (χ2n) is 6.35. The molecule has 1 aliphatic heterocycles. The quantitative estimate of drug-likeness (QED) is 0.676. The first-order chi connectivity index (χ1) is 12.6. The fraction of sp³-hybridized carbons (Fsp3) is 0.368. The van der Waals surface area contributed by atoms with Crippen LogP contribution in [0.15, 0.2) is 24.3 Å². The number of benzene rings is 1. The summed E-state index contributed by atoms with van der Waals surface area (Å²) in [7, 11) is 0. The molecule has 0 atom stereocenters. The van der Waals surface area contributed by atoms with E-state index in [-0.39, 0.29) is 5.91 Å². The molecule has 0 saturated carbocycles. The molecule has 5 nitrogen and oxygen atoms in total. The van der Waals surface area contributed by atoms with E-state index in [0.29, 0.717) is 0 Å². The largest absolute Gasteiger partial charge is 0.398 e. The Morgan fingerprint density at radius 3 is 2.85 bits per heavy atom. The van der Waals surface area contributed by atoms with Crippen LogP contribution in [-0.2, 0) is 6.42 Å². The minimum atomic E-state index is 0.0520. The van der Waals surface area contributed by atoms with E-state index in [0.717, 1.165) is 69.0 Å². The number of carbonyl (C=O) groups excluding carboxylic acids is 1. The molecule has 0 unspecified atom stereocenters. The van der Waals surface area contributed by atoms with Crippen LogP contribution in [0, 0.1) is 0 Å². The van der Waals surface area contributed by atoms with Crippen LogP contribution in [0.5, 0.6) is 0 Å². The van der Waals surface area contributed by atoms with Crippen LogP contribution in [-0.4, -0.2) is 30.5 Å². The Labute approximate surface area is 161 Å². The maximum Gasteiger partial charge on any atom is 0.268 e. The van der Waals surface area contributed by atoms with Crippen LogP contribution in [0.4, 0.5) is 16.5 Å². The van der Waals surface area contributed by atoms with E-state index in [4.69, 9.17) is 10.7 Å². The first-order valence-corrected chi connectivity index (χ1v) is 10.6. The van der Waals surface area contributed by atoms with Crippen molar-refractivity contribution < 1.29 is 4.79 Å². The van der Waals surface area contributed by atoms with Crippen molar-refractivity contribution in [1.82, 2.24) is 4.98 Å². The highest BCUT2D eigenvalue weighted by atomic mass is 32.1. The van der Waals surface area contributed by atoms with E-state index in [9.17, 15) is 4.79 Å². The molecule has 1 aliphatic rings. The highest BCUT2D eigenvalue weighted by molar-refractivity contribution is 7.29. The van der Waals surface area contributed by atoms with Gasteiger partial charge in [-0.1, -0.05) is 17.4 Å². The number of fused-ring (bicyclic) bond motifs is 2. The van der Waals surface area contributed by atoms with Crippen molar-refractivity contribution in [2.24, 2.45) is 0 Å². The second-order valence-corrected chi connectivity index (χ2v) is 8.39. The molecule has 4 rings (SSSR count). The summed E-state index contributed by atoms with van der Waals surface area (Å²) in [6, 6.07) is 7.82. The molecule has 26 heavy (non-hydrogen) atoms. The summed E-state index contributed by atoms with van der Waals surface area (Å²) in [6.07, 6.45) is 1.87. The van der Waals surface area contributed by atoms with Gasteiger partial charge in [0, 0.05) is 31.0 Å². The van der Waals surface area contributed by atoms with Gasteiger partial charge in [-0.25, -0.2) is 4.98 Å². The Morgan fingerprint density at radius 2 is 2.12 bits per heavy atom. The molecule has 3 heterocycles. The van der Waals surface area contributed by atoms with Gasteiger partial charge in [0.15, 0.2) is 5.13 Å². The zero-order valence-electron chi connectivity index (χ0n) is 15.0. The van der Waals surface area contributed by atoms with Gasteiger partial charge in [-0.3, -0.25) is 4.79 Å². The molecule has 0 fully saturated rings. The van der Waals surface area contributed by atoms with Crippen molar-refractivity contribution in [2.45, 2.75) is 26.7 Å². The first kappa shape index (κ1) is 17.3. The lowest BCUT2D eigenvalue weighted by atomic mass is 10.00. The number of nitrogens with two attached hydrogens (primary N) is 1. The number of anilines is 3. The highest BCUT2D eigenvalue weighted by Crippen LogP contribution is 2.37. The van der Waals surface area contributed by atoms with Gasteiger partial charge < -0.3 is 15.5 Å². The lowest BCUT2D eigenvalue weighted by molar-refractivity contribution is 0.0989. The topological polar surface area (TPSA) is 62.5 Å². The van der Waals surface area contributed by atoms with Crippen molar-refractivity contribution in [3.8, 4) is 0 Å². The van der Waals surface area contributed by atoms with E-state index >= 15 is 0 Å². The number of aromatic nitrogens is 1. The maximum absolute atomic E-state index is 13.1. The molecule has 1 amide bonds. The molecule has 3 aromatic rings. The predicted molar refractivity (Wildman–Crippen MR) is 112 cm³/mol. The molecule has 0 bridgehead atoms. The molecule has 0 spiro atoms. The van der Waals surface area contributed by atoms with Gasteiger partial charge in [-0.05, 0) is 50.5 Å². The van der Waals surface area contributed by atoms with Crippen molar-refractivity contribution in [2.75, 3.05) is 35.2 Å². The zero-order valence-corrected chi connectivity index (χ0v) is 16.6. The summed E-state index contributed by atoms with van der Waals surface area (Å²) in [5.41, 5.74) is 8.93. The number of nitrogen functional groups attached to an aromatic ring is 1. The van der Waals surface area contributed by atoms with Gasteiger partial charge in [0.05, 0.1) is 9.58 Å². The van der Waals surface area contributed by atoms with E-state index in [1.807, 2.05) is 29.2 Å². The number of carbonyl (C=O) groups is 1. The van der Waals surface area contributed by atoms with E-state index < -0.39 is 0 Å². The average molecular weight is 387 g/mol. The molecule has 0 aliphatic carbocycles. The molecule has 2 aromatic heterocycles. The van der Waals surface area contributed by atoms with E-state index in [1.54, 1.807) is 11.3 Å². The normalized spacial score (nSPS) is 13.8. The third kappa shape index (κ3) is 2.85. The lowest BCUT2D eigenvalue weighted by Crippen LogP contribution is -2.35. The summed E-state index contributed by atoms with van der Waals surface area (Å²) in [4.78, 5) is 23.7. The fourth-order valence-electron chi connectivity index (χ4n) is 3.45. The predicted octanol–water partition coefficient (Wildman–Crippen LogP) is 4.38. The second kappa shape index (κ2) is 6.89. The van der Waals surface area contributed by atoms with Gasteiger partial charge in [0.2, 0.25) is 0 Å². The van der Waals surface area contributed by atoms with Crippen LogP contribution in [0.25, 0.3) is 9.53 Å². The number of hydrogen-bond acceptors (Lipinski definition) is 6. The average Bonchev–Trinajstić information content (AvgIpc) is 3.21. The summed E-state index contributed by atoms with van der Waals surface area (Å²) in [6.45, 7) is 6.88. The Bertz CT molecular complexity index is 926. The Kier molecular flexibility index (Phi) is 4.58. The molecule has 136 valence electrons. The Balaban J connectivity index is 1.65. The van der Waals surface area contributed by atoms with Crippen LogP contribution < -0.4 is 15.5 Å². The Hall–Kier alpha value is -2.12. The number of hydrogen-bond donors (Lipinski definition) is 1. The number of rotatable bonds is 4. The van der Waals surface area contributed by atoms with Crippen molar-refractivity contribution >= 4 is 54.6 Å². The number of thiazole rings is 1. The smallest absolute Gasteiger partial charge is 0.268 e. The third-order valence-electron chi connectivity index (χ3n) is 4.85. The summed E-state index contributed by atoms with van der Waals surface area (Å²) in [5, 5.41) is 1.03. The summed E-state index contributed by atoms with van der Waals surface area (Å²) in [5.74, 6) is 0.0520. The summed E-state index contributed by atoms with van der Waals surface area (Å²) < 4.78 is 1.09. The van der Waals surface area contributed by atoms with Crippen LogP contribution in [0.1, 0.15) is 35.5 Å². The molecule has 7 heteroatoms. The van der Waals surface area contributed by atoms with Gasteiger partial charge in [-0.15, -0.1) is 11.3 Å². The van der Waals surface area contributed by atoms with Crippen molar-refractivity contribution in [3.63, 3.8) is 0 Å². The summed E-state index contributed by atoms with van der Waals surface area (Å²) >= 11 is 3.15. The van der Waals surface area contributed by atoms with Gasteiger partial charge in [0.1, 0.15) is 4.83 Å². The molecule has 2 N–H and O–H groups in total. The van der Waals surface area contributed by atoms with E-state index in [1.165, 1.54) is 11.3 Å². The molecule has 1 aromatic carbocycles. The van der Waals surface area contributed by atoms with E-state index in [2.05, 4.69) is 18.7 Å². The van der Waals surface area contributed by atoms with Gasteiger partial charge >= 0.3 is 0 Å². The highest BCUT2D eigenvalue weighted by Gasteiger charge is 2.26. The molecule has 0 radical (unpaired) electrons. The van der Waals surface area contributed by atoms with Gasteiger partial charge in [0.25, 0.3) is 5.91 Å². The number of thiophene rings is 1. The SMILES string of the molecule is CCN(CC)c1nc2sc(C(=O)N3CCCc4c(N)cccc43)cc2s1. The zero-order chi connectivity index (χ0) is 18.3. The number of amides is 1.